The van der Waals surface area contributed by atoms with E-state index >= 15 is 0 Å². The molecule has 312 valence electrons. The van der Waals surface area contributed by atoms with Crippen molar-refractivity contribution in [1.82, 2.24) is 0 Å². The molecule has 0 aliphatic heterocycles. The van der Waals surface area contributed by atoms with E-state index in [0.717, 1.165) is 52.3 Å². The maximum Gasteiger partial charge on any atom is 0.143 e. The number of nitrogens with zero attached hydrogens (tertiary/aromatic N) is 1. The predicted molar refractivity (Wildman–Crippen MR) is 276 cm³/mol. The van der Waals surface area contributed by atoms with Crippen molar-refractivity contribution >= 4 is 66.0 Å². The molecule has 1 spiro atoms. The van der Waals surface area contributed by atoms with Crippen molar-refractivity contribution in [3.05, 3.63) is 251 Å². The number of hydrogen-bond donors (Lipinski definition) is 0. The summed E-state index contributed by atoms with van der Waals surface area (Å²) in [6.07, 6.45) is 12.9. The molecule has 9 aromatic carbocycles. The minimum Gasteiger partial charge on any atom is -0.455 e. The van der Waals surface area contributed by atoms with Gasteiger partial charge in [-0.25, -0.2) is 0 Å². The van der Waals surface area contributed by atoms with Crippen molar-refractivity contribution in [2.45, 2.75) is 31.6 Å². The third kappa shape index (κ3) is 5.24. The molecule has 2 heteroatoms. The van der Waals surface area contributed by atoms with Crippen molar-refractivity contribution in [2.75, 3.05) is 4.90 Å². The summed E-state index contributed by atoms with van der Waals surface area (Å²) in [5, 5.41) is 7.01. The quantitative estimate of drug-likeness (QED) is 0.172. The normalized spacial score (nSPS) is 18.2. The average Bonchev–Trinajstić information content (AvgIpc) is 4.01. The van der Waals surface area contributed by atoms with Crippen LogP contribution in [0.2, 0.25) is 0 Å². The minimum atomic E-state index is -0.415. The van der Waals surface area contributed by atoms with E-state index < -0.39 is 5.41 Å². The van der Waals surface area contributed by atoms with Crippen LogP contribution in [0.1, 0.15) is 54.0 Å². The molecule has 0 bridgehead atoms. The zero-order chi connectivity index (χ0) is 43.5. The standard InChI is InChI=1S/C64H45NO/c1-40-35-45(41-17-3-2-4-18-41)38-46(36-40)65(58-30-15-29-57-61(58)51-25-11-14-28-56(51)64(57)54-26-12-9-22-48(54)49-23-10-13-27-55(49)64)59-31-16-32-60-62(59)53-39-52(47-21-7-8-24-50(47)63(53)66-60)44-34-33-42-19-5-6-20-43(42)37-44/h2-9,11-12,14-35,37-40H,10,13,36H2,1H3. The highest BCUT2D eigenvalue weighted by Crippen LogP contribution is 2.66. The van der Waals surface area contributed by atoms with E-state index in [0.29, 0.717) is 5.92 Å². The lowest BCUT2D eigenvalue weighted by Gasteiger charge is -2.35. The molecule has 4 aliphatic carbocycles. The van der Waals surface area contributed by atoms with Crippen LogP contribution in [0.25, 0.3) is 76.9 Å². The van der Waals surface area contributed by atoms with Crippen LogP contribution in [0.3, 0.4) is 0 Å². The predicted octanol–water partition coefficient (Wildman–Crippen LogP) is 17.1. The van der Waals surface area contributed by atoms with Gasteiger partial charge >= 0.3 is 0 Å². The Morgan fingerprint density at radius 2 is 1.23 bits per heavy atom. The van der Waals surface area contributed by atoms with Gasteiger partial charge in [-0.3, -0.25) is 0 Å². The van der Waals surface area contributed by atoms with E-state index in [1.807, 2.05) is 0 Å². The molecule has 0 saturated heterocycles. The fraction of sp³-hybridized carbons (Fsp3) is 0.0938. The van der Waals surface area contributed by atoms with Crippen LogP contribution in [0.4, 0.5) is 11.4 Å². The summed E-state index contributed by atoms with van der Waals surface area (Å²) in [5.41, 5.74) is 20.7. The first-order valence-corrected chi connectivity index (χ1v) is 23.5. The highest BCUT2D eigenvalue weighted by atomic mass is 16.3. The molecule has 10 aromatic rings. The van der Waals surface area contributed by atoms with E-state index in [2.05, 4.69) is 224 Å². The first-order chi connectivity index (χ1) is 32.6. The summed E-state index contributed by atoms with van der Waals surface area (Å²) >= 11 is 0. The highest BCUT2D eigenvalue weighted by Gasteiger charge is 2.54. The van der Waals surface area contributed by atoms with Crippen molar-refractivity contribution in [3.8, 4) is 22.3 Å². The Balaban J connectivity index is 1.08. The van der Waals surface area contributed by atoms with E-state index in [4.69, 9.17) is 4.42 Å². The Morgan fingerprint density at radius 1 is 0.530 bits per heavy atom. The molecular formula is C64H45NO. The lowest BCUT2D eigenvalue weighted by molar-refractivity contribution is 0.672. The van der Waals surface area contributed by atoms with Gasteiger partial charge in [0.15, 0.2) is 0 Å². The van der Waals surface area contributed by atoms with Gasteiger partial charge in [0.1, 0.15) is 11.2 Å². The Morgan fingerprint density at radius 3 is 2.11 bits per heavy atom. The van der Waals surface area contributed by atoms with Gasteiger partial charge in [0, 0.05) is 22.0 Å². The van der Waals surface area contributed by atoms with Gasteiger partial charge in [0.2, 0.25) is 0 Å². The van der Waals surface area contributed by atoms with E-state index in [1.54, 1.807) is 0 Å². The molecule has 2 atom stereocenters. The molecule has 0 N–H and O–H groups in total. The zero-order valence-electron chi connectivity index (χ0n) is 36.8. The van der Waals surface area contributed by atoms with Crippen LogP contribution in [-0.2, 0) is 5.41 Å². The smallest absolute Gasteiger partial charge is 0.143 e. The molecular weight excluding hydrogens is 799 g/mol. The Kier molecular flexibility index (Phi) is 8.10. The third-order valence-electron chi connectivity index (χ3n) is 15.0. The molecule has 14 rings (SSSR count). The summed E-state index contributed by atoms with van der Waals surface area (Å²) < 4.78 is 7.10. The van der Waals surface area contributed by atoms with Gasteiger partial charge in [0.25, 0.3) is 0 Å². The van der Waals surface area contributed by atoms with Gasteiger partial charge in [-0.1, -0.05) is 183 Å². The minimum absolute atomic E-state index is 0.309. The molecule has 0 radical (unpaired) electrons. The Labute approximate surface area is 384 Å². The number of fused-ring (bicyclic) bond motifs is 16. The summed E-state index contributed by atoms with van der Waals surface area (Å²) in [7, 11) is 0. The molecule has 0 amide bonds. The number of benzene rings is 9. The molecule has 1 heterocycles. The van der Waals surface area contributed by atoms with E-state index in [1.165, 1.54) is 94.3 Å². The average molecular weight is 844 g/mol. The Bertz CT molecular complexity index is 3820. The lowest BCUT2D eigenvalue weighted by Crippen LogP contribution is -2.27. The fourth-order valence-electron chi connectivity index (χ4n) is 12.3. The largest absolute Gasteiger partial charge is 0.455 e. The second-order valence-corrected chi connectivity index (χ2v) is 18.7. The number of allylic oxidation sites excluding steroid dienone is 8. The second kappa shape index (κ2) is 14.3. The third-order valence-corrected chi connectivity index (χ3v) is 15.0. The van der Waals surface area contributed by atoms with Gasteiger partial charge in [0.05, 0.1) is 22.2 Å². The van der Waals surface area contributed by atoms with Crippen molar-refractivity contribution in [1.29, 1.82) is 0 Å². The van der Waals surface area contributed by atoms with Crippen LogP contribution in [0.15, 0.2) is 228 Å². The van der Waals surface area contributed by atoms with Crippen LogP contribution in [0, 0.1) is 5.92 Å². The molecule has 1 aromatic heterocycles. The fourth-order valence-corrected chi connectivity index (χ4v) is 12.3. The topological polar surface area (TPSA) is 16.4 Å². The number of anilines is 2. The first-order valence-electron chi connectivity index (χ1n) is 23.5. The summed E-state index contributed by atoms with van der Waals surface area (Å²) in [4.78, 5) is 2.62. The van der Waals surface area contributed by atoms with Gasteiger partial charge in [-0.2, -0.15) is 0 Å². The zero-order valence-corrected chi connectivity index (χ0v) is 36.8. The first kappa shape index (κ1) is 37.4. The molecule has 66 heavy (non-hydrogen) atoms. The number of hydrogen-bond acceptors (Lipinski definition) is 2. The van der Waals surface area contributed by atoms with Crippen LogP contribution in [0.5, 0.6) is 0 Å². The van der Waals surface area contributed by atoms with E-state index in [-0.39, 0.29) is 0 Å². The van der Waals surface area contributed by atoms with Crippen molar-refractivity contribution < 1.29 is 4.42 Å². The monoisotopic (exact) mass is 843 g/mol. The summed E-state index contributed by atoms with van der Waals surface area (Å²) in [6.45, 7) is 2.36. The maximum atomic E-state index is 7.10. The second-order valence-electron chi connectivity index (χ2n) is 18.7. The van der Waals surface area contributed by atoms with Crippen LogP contribution < -0.4 is 4.90 Å². The van der Waals surface area contributed by atoms with E-state index in [9.17, 15) is 0 Å². The molecule has 4 aliphatic rings. The summed E-state index contributed by atoms with van der Waals surface area (Å²) in [6, 6.07) is 69.8. The van der Waals surface area contributed by atoms with Gasteiger partial charge in [-0.05, 0) is 139 Å². The van der Waals surface area contributed by atoms with Crippen LogP contribution >= 0.6 is 0 Å². The van der Waals surface area contributed by atoms with Crippen LogP contribution in [-0.4, -0.2) is 0 Å². The molecule has 2 nitrogen and oxygen atoms in total. The summed E-state index contributed by atoms with van der Waals surface area (Å²) in [5.74, 6) is 0.309. The van der Waals surface area contributed by atoms with Crippen molar-refractivity contribution in [3.63, 3.8) is 0 Å². The number of furan rings is 1. The van der Waals surface area contributed by atoms with Crippen molar-refractivity contribution in [2.24, 2.45) is 5.92 Å². The van der Waals surface area contributed by atoms with Gasteiger partial charge in [-0.15, -0.1) is 0 Å². The SMILES string of the molecule is CC1C=C(c2ccccc2)C=C(N(c2cccc3c2-c2ccccc2C32C3=CCCC=C3c3ccccc32)c2cccc3oc4c5ccccc5c(-c5ccc6ccccc6c5)cc4c23)C1. The lowest BCUT2D eigenvalue weighted by atomic mass is 9.69. The molecule has 0 saturated carbocycles. The highest BCUT2D eigenvalue weighted by molar-refractivity contribution is 6.23. The molecule has 0 fully saturated rings. The molecule has 2 unspecified atom stereocenters. The number of rotatable bonds is 5. The van der Waals surface area contributed by atoms with Gasteiger partial charge < -0.3 is 9.32 Å². The maximum absolute atomic E-state index is 7.10. The Hall–Kier alpha value is -7.94.